The van der Waals surface area contributed by atoms with E-state index in [-0.39, 0.29) is 36.7 Å². The number of Topliss-reactive ketones (excluding diaryl/α,β-unsaturated/α-hetero) is 1. The topological polar surface area (TPSA) is 80.1 Å². The van der Waals surface area contributed by atoms with Crippen LogP contribution in [0.2, 0.25) is 0 Å². The minimum atomic E-state index is -4.55. The summed E-state index contributed by atoms with van der Waals surface area (Å²) in [6.45, 7) is 0.839. The van der Waals surface area contributed by atoms with Gasteiger partial charge in [-0.3, -0.25) is 4.79 Å². The molecule has 30 heavy (non-hydrogen) atoms. The summed E-state index contributed by atoms with van der Waals surface area (Å²) in [7, 11) is 0. The van der Waals surface area contributed by atoms with E-state index < -0.39 is 47.8 Å². The van der Waals surface area contributed by atoms with E-state index in [1.165, 1.54) is 4.68 Å². The first-order valence-corrected chi connectivity index (χ1v) is 8.70. The standard InChI is InChI=1S/C17H15F6N5O2/c1-8(17(21,22)23)4-13(29)15-12-7-27(2-3-28(12)26-25-15)16(30)24-9-5-10(18)14(20)11(19)6-9/h5-6,8H,2-4,7H2,1H3,(H,24,30)/t8-/m0/s1. The van der Waals surface area contributed by atoms with Crippen LogP contribution in [0.5, 0.6) is 0 Å². The Bertz CT molecular complexity index is 966. The second-order valence-corrected chi connectivity index (χ2v) is 6.78. The smallest absolute Gasteiger partial charge is 0.317 e. The van der Waals surface area contributed by atoms with Gasteiger partial charge in [0.1, 0.15) is 0 Å². The minimum Gasteiger partial charge on any atom is -0.317 e. The Morgan fingerprint density at radius 1 is 1.17 bits per heavy atom. The average molecular weight is 435 g/mol. The Labute approximate surface area is 165 Å². The molecule has 1 aromatic heterocycles. The number of fused-ring (bicyclic) bond motifs is 1. The third-order valence-corrected chi connectivity index (χ3v) is 4.60. The lowest BCUT2D eigenvalue weighted by molar-refractivity contribution is -0.168. The van der Waals surface area contributed by atoms with E-state index >= 15 is 0 Å². The van der Waals surface area contributed by atoms with E-state index in [4.69, 9.17) is 0 Å². The van der Waals surface area contributed by atoms with Gasteiger partial charge in [0.15, 0.2) is 28.9 Å². The summed E-state index contributed by atoms with van der Waals surface area (Å²) in [5.41, 5.74) is -0.460. The molecule has 1 atom stereocenters. The van der Waals surface area contributed by atoms with Gasteiger partial charge in [-0.05, 0) is 0 Å². The summed E-state index contributed by atoms with van der Waals surface area (Å²) in [6.07, 6.45) is -5.37. The van der Waals surface area contributed by atoms with Gasteiger partial charge in [0, 0.05) is 30.8 Å². The molecule has 1 aliphatic heterocycles. The van der Waals surface area contributed by atoms with E-state index in [0.717, 1.165) is 11.8 Å². The summed E-state index contributed by atoms with van der Waals surface area (Å²) in [6, 6.07) is 0.383. The van der Waals surface area contributed by atoms with Crippen LogP contribution < -0.4 is 5.32 Å². The van der Waals surface area contributed by atoms with Crippen molar-refractivity contribution in [3.63, 3.8) is 0 Å². The number of hydrogen-bond donors (Lipinski definition) is 1. The summed E-state index contributed by atoms with van der Waals surface area (Å²) in [4.78, 5) is 25.8. The SMILES string of the molecule is C[C@@H](CC(=O)c1nnn2c1CN(C(=O)Nc1cc(F)c(F)c(F)c1)CC2)C(F)(F)F. The molecule has 1 N–H and O–H groups in total. The monoisotopic (exact) mass is 435 g/mol. The van der Waals surface area contributed by atoms with E-state index in [1.54, 1.807) is 0 Å². The molecular formula is C17H15F6N5O2. The molecule has 7 nitrogen and oxygen atoms in total. The van der Waals surface area contributed by atoms with Gasteiger partial charge in [-0.15, -0.1) is 5.10 Å². The number of carbonyl (C=O) groups excluding carboxylic acids is 2. The zero-order valence-corrected chi connectivity index (χ0v) is 15.4. The molecule has 1 aromatic carbocycles. The van der Waals surface area contributed by atoms with Crippen molar-refractivity contribution in [1.29, 1.82) is 0 Å². The Kier molecular flexibility index (Phi) is 5.72. The lowest BCUT2D eigenvalue weighted by atomic mass is 10.0. The number of alkyl halides is 3. The lowest BCUT2D eigenvalue weighted by Crippen LogP contribution is -2.41. The highest BCUT2D eigenvalue weighted by Gasteiger charge is 2.38. The van der Waals surface area contributed by atoms with Crippen LogP contribution in [0.1, 0.15) is 29.5 Å². The van der Waals surface area contributed by atoms with Gasteiger partial charge in [-0.1, -0.05) is 12.1 Å². The Morgan fingerprint density at radius 3 is 2.40 bits per heavy atom. The maximum atomic E-state index is 13.3. The van der Waals surface area contributed by atoms with Gasteiger partial charge in [-0.2, -0.15) is 13.2 Å². The van der Waals surface area contributed by atoms with Crippen LogP contribution in [-0.4, -0.2) is 44.4 Å². The van der Waals surface area contributed by atoms with Crippen LogP contribution >= 0.6 is 0 Å². The molecule has 2 heterocycles. The van der Waals surface area contributed by atoms with Gasteiger partial charge < -0.3 is 10.2 Å². The third-order valence-electron chi connectivity index (χ3n) is 4.60. The number of benzene rings is 1. The number of anilines is 1. The molecule has 0 unspecified atom stereocenters. The van der Waals surface area contributed by atoms with E-state index in [1.807, 2.05) is 0 Å². The number of urea groups is 1. The third kappa shape index (κ3) is 4.39. The fourth-order valence-corrected chi connectivity index (χ4v) is 2.85. The predicted molar refractivity (Wildman–Crippen MR) is 89.9 cm³/mol. The molecule has 0 aliphatic carbocycles. The van der Waals surface area contributed by atoms with Crippen molar-refractivity contribution in [2.45, 2.75) is 32.6 Å². The summed E-state index contributed by atoms with van der Waals surface area (Å²) in [5, 5.41) is 9.56. The first-order valence-electron chi connectivity index (χ1n) is 8.70. The van der Waals surface area contributed by atoms with E-state index in [2.05, 4.69) is 15.6 Å². The van der Waals surface area contributed by atoms with Crippen molar-refractivity contribution in [3.05, 3.63) is 41.0 Å². The highest BCUT2D eigenvalue weighted by Crippen LogP contribution is 2.30. The fraction of sp³-hybridized carbons (Fsp3) is 0.412. The Morgan fingerprint density at radius 2 is 1.80 bits per heavy atom. The van der Waals surface area contributed by atoms with Crippen molar-refractivity contribution in [2.75, 3.05) is 11.9 Å². The highest BCUT2D eigenvalue weighted by molar-refractivity contribution is 5.95. The van der Waals surface area contributed by atoms with Crippen LogP contribution in [0.15, 0.2) is 12.1 Å². The fourth-order valence-electron chi connectivity index (χ4n) is 2.85. The highest BCUT2D eigenvalue weighted by atomic mass is 19.4. The van der Waals surface area contributed by atoms with Crippen LogP contribution in [0, 0.1) is 23.4 Å². The average Bonchev–Trinajstić information content (AvgIpc) is 3.08. The summed E-state index contributed by atoms with van der Waals surface area (Å²) < 4.78 is 79.1. The molecule has 162 valence electrons. The molecule has 3 rings (SSSR count). The van der Waals surface area contributed by atoms with E-state index in [9.17, 15) is 35.9 Å². The number of aromatic nitrogens is 3. The van der Waals surface area contributed by atoms with Crippen molar-refractivity contribution in [3.8, 4) is 0 Å². The number of halogens is 6. The van der Waals surface area contributed by atoms with Gasteiger partial charge in [0.25, 0.3) is 0 Å². The minimum absolute atomic E-state index is 0.0843. The van der Waals surface area contributed by atoms with Gasteiger partial charge >= 0.3 is 12.2 Å². The van der Waals surface area contributed by atoms with Gasteiger partial charge in [0.05, 0.1) is 24.7 Å². The van der Waals surface area contributed by atoms with Crippen molar-refractivity contribution >= 4 is 17.5 Å². The molecule has 2 amide bonds. The van der Waals surface area contributed by atoms with E-state index in [0.29, 0.717) is 12.1 Å². The van der Waals surface area contributed by atoms with Crippen LogP contribution in [-0.2, 0) is 13.1 Å². The van der Waals surface area contributed by atoms with Crippen molar-refractivity contribution in [1.82, 2.24) is 19.9 Å². The zero-order valence-electron chi connectivity index (χ0n) is 15.4. The van der Waals surface area contributed by atoms with Crippen molar-refractivity contribution in [2.24, 2.45) is 5.92 Å². The molecule has 1 aliphatic rings. The number of nitrogens with one attached hydrogen (secondary N) is 1. The maximum Gasteiger partial charge on any atom is 0.391 e. The predicted octanol–water partition coefficient (Wildman–Crippen LogP) is 3.51. The molecule has 0 bridgehead atoms. The molecule has 0 saturated heterocycles. The number of hydrogen-bond acceptors (Lipinski definition) is 4. The molecule has 0 fully saturated rings. The molecule has 0 spiro atoms. The Balaban J connectivity index is 1.73. The molecule has 13 heteroatoms. The number of amides is 2. The maximum absolute atomic E-state index is 13.3. The summed E-state index contributed by atoms with van der Waals surface area (Å²) >= 11 is 0. The van der Waals surface area contributed by atoms with Crippen molar-refractivity contribution < 1.29 is 35.9 Å². The van der Waals surface area contributed by atoms with Crippen LogP contribution in [0.4, 0.5) is 36.8 Å². The quantitative estimate of drug-likeness (QED) is 0.453. The Hall–Kier alpha value is -3.12. The second kappa shape index (κ2) is 7.95. The van der Waals surface area contributed by atoms with Crippen LogP contribution in [0.3, 0.4) is 0 Å². The molecular weight excluding hydrogens is 420 g/mol. The molecule has 2 aromatic rings. The lowest BCUT2D eigenvalue weighted by Gasteiger charge is -2.27. The number of rotatable bonds is 4. The zero-order chi connectivity index (χ0) is 22.2. The second-order valence-electron chi connectivity index (χ2n) is 6.78. The summed E-state index contributed by atoms with van der Waals surface area (Å²) in [5.74, 6) is -7.41. The first-order chi connectivity index (χ1) is 14.0. The normalized spacial score (nSPS) is 15.0. The molecule has 0 saturated carbocycles. The molecule has 0 radical (unpaired) electrons. The van der Waals surface area contributed by atoms with Gasteiger partial charge in [-0.25, -0.2) is 22.6 Å². The van der Waals surface area contributed by atoms with Gasteiger partial charge in [0.2, 0.25) is 0 Å². The number of ketones is 1. The number of carbonyl (C=O) groups is 2. The first kappa shape index (κ1) is 21.6. The van der Waals surface area contributed by atoms with Crippen LogP contribution in [0.25, 0.3) is 0 Å². The number of nitrogens with zero attached hydrogens (tertiary/aromatic N) is 4. The largest absolute Gasteiger partial charge is 0.391 e.